The predicted molar refractivity (Wildman–Crippen MR) is 246 cm³/mol. The summed E-state index contributed by atoms with van der Waals surface area (Å²) < 4.78 is 16.6. The van der Waals surface area contributed by atoms with Crippen LogP contribution in [0, 0.1) is 0 Å². The smallest absolute Gasteiger partial charge is 0.306 e. The average molecular weight is 801 g/mol. The van der Waals surface area contributed by atoms with E-state index in [4.69, 9.17) is 14.2 Å². The summed E-state index contributed by atoms with van der Waals surface area (Å²) in [5.74, 6) is -1.02. The highest BCUT2D eigenvalue weighted by Crippen LogP contribution is 2.12. The highest BCUT2D eigenvalue weighted by atomic mass is 16.6. The minimum absolute atomic E-state index is 0.117. The molecular formula is C52H80O6. The molecular weight excluding hydrogens is 721 g/mol. The van der Waals surface area contributed by atoms with Gasteiger partial charge in [0.1, 0.15) is 13.2 Å². The van der Waals surface area contributed by atoms with Crippen LogP contribution in [-0.4, -0.2) is 37.2 Å². The lowest BCUT2D eigenvalue weighted by atomic mass is 10.1. The first-order valence-corrected chi connectivity index (χ1v) is 22.7. The highest BCUT2D eigenvalue weighted by Gasteiger charge is 2.19. The van der Waals surface area contributed by atoms with E-state index in [-0.39, 0.29) is 37.5 Å². The maximum absolute atomic E-state index is 12.7. The molecule has 0 radical (unpaired) electrons. The molecule has 0 heterocycles. The first-order chi connectivity index (χ1) is 28.5. The van der Waals surface area contributed by atoms with Gasteiger partial charge in [-0.15, -0.1) is 0 Å². The van der Waals surface area contributed by atoms with E-state index in [0.717, 1.165) is 89.9 Å². The van der Waals surface area contributed by atoms with Gasteiger partial charge in [-0.05, 0) is 83.5 Å². The van der Waals surface area contributed by atoms with Crippen LogP contribution in [0.15, 0.2) is 122 Å². The molecule has 0 aromatic heterocycles. The summed E-state index contributed by atoms with van der Waals surface area (Å²) >= 11 is 0. The average Bonchev–Trinajstić information content (AvgIpc) is 3.22. The molecule has 1 unspecified atom stereocenters. The van der Waals surface area contributed by atoms with Crippen molar-refractivity contribution in [2.45, 2.75) is 175 Å². The summed E-state index contributed by atoms with van der Waals surface area (Å²) in [6, 6.07) is 0. The van der Waals surface area contributed by atoms with Crippen molar-refractivity contribution in [3.8, 4) is 0 Å². The molecule has 0 fully saturated rings. The standard InChI is InChI=1S/C52H80O6/c1-4-7-10-13-16-19-22-25-26-28-30-33-36-39-42-45-51(54)57-48-49(47-56-50(53)44-41-38-35-32-29-24-21-18-15-12-9-6-3)58-52(55)46-43-40-37-34-31-27-23-20-17-14-11-8-5-2/h7-8,10-11,13-14,16-23,25-28,30-31,49H,4-6,9,12,15,24,29,32-48H2,1-3H3/b10-7-,11-8-,16-13-,17-14-,21-18-,22-19-,23-20-,26-25-,30-28-,31-27-. The number of allylic oxidation sites excluding steroid dienone is 20. The molecule has 1 atom stereocenters. The highest BCUT2D eigenvalue weighted by molar-refractivity contribution is 5.71. The number of ether oxygens (including phenoxy) is 3. The summed E-state index contributed by atoms with van der Waals surface area (Å²) in [6.45, 7) is 6.21. The van der Waals surface area contributed by atoms with Gasteiger partial charge < -0.3 is 14.2 Å². The molecule has 58 heavy (non-hydrogen) atoms. The molecule has 6 heteroatoms. The lowest BCUT2D eigenvalue weighted by Crippen LogP contribution is -2.30. The van der Waals surface area contributed by atoms with Gasteiger partial charge in [-0.3, -0.25) is 14.4 Å². The molecule has 0 amide bonds. The molecule has 0 N–H and O–H groups in total. The number of hydrogen-bond donors (Lipinski definition) is 0. The topological polar surface area (TPSA) is 78.9 Å². The summed E-state index contributed by atoms with van der Waals surface area (Å²) in [5, 5.41) is 0. The van der Waals surface area contributed by atoms with Crippen molar-refractivity contribution in [3.05, 3.63) is 122 Å². The summed E-state index contributed by atoms with van der Waals surface area (Å²) in [6.07, 6.45) is 61.8. The molecule has 0 rings (SSSR count). The Morgan fingerprint density at radius 1 is 0.362 bits per heavy atom. The molecule has 0 bridgehead atoms. The molecule has 0 saturated heterocycles. The van der Waals surface area contributed by atoms with Crippen LogP contribution in [0.2, 0.25) is 0 Å². The van der Waals surface area contributed by atoms with Gasteiger partial charge in [-0.25, -0.2) is 0 Å². The second-order valence-corrected chi connectivity index (χ2v) is 14.4. The Kier molecular flexibility index (Phi) is 42.2. The van der Waals surface area contributed by atoms with Crippen molar-refractivity contribution < 1.29 is 28.6 Å². The van der Waals surface area contributed by atoms with E-state index in [1.54, 1.807) is 0 Å². The van der Waals surface area contributed by atoms with Gasteiger partial charge in [0, 0.05) is 19.3 Å². The maximum Gasteiger partial charge on any atom is 0.306 e. The summed E-state index contributed by atoms with van der Waals surface area (Å²) in [4.78, 5) is 37.8. The second-order valence-electron chi connectivity index (χ2n) is 14.4. The third-order valence-electron chi connectivity index (χ3n) is 8.90. The zero-order chi connectivity index (χ0) is 42.3. The largest absolute Gasteiger partial charge is 0.462 e. The molecule has 0 aliphatic carbocycles. The normalized spacial score (nSPS) is 13.2. The SMILES string of the molecule is CC\C=C/C=C\C=C/C=C\C=C/CCCCCC(=O)OCC(COC(=O)CCCCCCC/C=C\CCCCC)OC(=O)CCCCC\C=C/C=C\C=C/C=C\CC. The van der Waals surface area contributed by atoms with Crippen LogP contribution >= 0.6 is 0 Å². The van der Waals surface area contributed by atoms with Crippen LogP contribution in [0.25, 0.3) is 0 Å². The Morgan fingerprint density at radius 2 is 0.690 bits per heavy atom. The number of hydrogen-bond acceptors (Lipinski definition) is 6. The number of carbonyl (C=O) groups excluding carboxylic acids is 3. The van der Waals surface area contributed by atoms with Crippen molar-refractivity contribution in [1.29, 1.82) is 0 Å². The lowest BCUT2D eigenvalue weighted by molar-refractivity contribution is -0.167. The van der Waals surface area contributed by atoms with Crippen LogP contribution in [-0.2, 0) is 28.6 Å². The van der Waals surface area contributed by atoms with Gasteiger partial charge in [0.05, 0.1) is 0 Å². The van der Waals surface area contributed by atoms with Crippen molar-refractivity contribution in [2.24, 2.45) is 0 Å². The van der Waals surface area contributed by atoms with Crippen molar-refractivity contribution in [3.63, 3.8) is 0 Å². The van der Waals surface area contributed by atoms with E-state index >= 15 is 0 Å². The van der Waals surface area contributed by atoms with Crippen LogP contribution in [0.4, 0.5) is 0 Å². The molecule has 0 aliphatic heterocycles. The van der Waals surface area contributed by atoms with E-state index < -0.39 is 6.10 Å². The van der Waals surface area contributed by atoms with Crippen molar-refractivity contribution in [2.75, 3.05) is 13.2 Å². The summed E-state index contributed by atoms with van der Waals surface area (Å²) in [5.41, 5.74) is 0. The quantitative estimate of drug-likeness (QED) is 0.0203. The van der Waals surface area contributed by atoms with Crippen molar-refractivity contribution >= 4 is 17.9 Å². The third kappa shape index (κ3) is 42.9. The van der Waals surface area contributed by atoms with Gasteiger partial charge in [-0.1, -0.05) is 187 Å². The van der Waals surface area contributed by atoms with E-state index in [9.17, 15) is 14.4 Å². The Hall–Kier alpha value is -4.19. The zero-order valence-corrected chi connectivity index (χ0v) is 36.8. The lowest BCUT2D eigenvalue weighted by Gasteiger charge is -2.18. The van der Waals surface area contributed by atoms with Crippen LogP contribution in [0.1, 0.15) is 168 Å². The van der Waals surface area contributed by atoms with Gasteiger partial charge in [0.2, 0.25) is 0 Å². The summed E-state index contributed by atoms with van der Waals surface area (Å²) in [7, 11) is 0. The molecule has 0 spiro atoms. The minimum atomic E-state index is -0.821. The fourth-order valence-corrected chi connectivity index (χ4v) is 5.52. The van der Waals surface area contributed by atoms with Crippen LogP contribution < -0.4 is 0 Å². The van der Waals surface area contributed by atoms with E-state index in [2.05, 4.69) is 57.2 Å². The number of unbranched alkanes of at least 4 members (excludes halogenated alkanes) is 14. The maximum atomic E-state index is 12.7. The molecule has 324 valence electrons. The Labute approximate surface area is 354 Å². The number of carbonyl (C=O) groups is 3. The number of rotatable bonds is 38. The van der Waals surface area contributed by atoms with E-state index in [0.29, 0.717) is 19.3 Å². The Balaban J connectivity index is 4.58. The molecule has 0 aliphatic rings. The Bertz CT molecular complexity index is 1290. The van der Waals surface area contributed by atoms with E-state index in [1.807, 2.05) is 85.1 Å². The van der Waals surface area contributed by atoms with Gasteiger partial charge in [0.15, 0.2) is 6.10 Å². The fourth-order valence-electron chi connectivity index (χ4n) is 5.52. The fraction of sp³-hybridized carbons (Fsp3) is 0.558. The third-order valence-corrected chi connectivity index (χ3v) is 8.90. The van der Waals surface area contributed by atoms with Crippen molar-refractivity contribution in [1.82, 2.24) is 0 Å². The first kappa shape index (κ1) is 53.8. The van der Waals surface area contributed by atoms with Crippen LogP contribution in [0.3, 0.4) is 0 Å². The van der Waals surface area contributed by atoms with Gasteiger partial charge >= 0.3 is 17.9 Å². The first-order valence-electron chi connectivity index (χ1n) is 22.7. The van der Waals surface area contributed by atoms with Crippen LogP contribution in [0.5, 0.6) is 0 Å². The second kappa shape index (κ2) is 45.5. The molecule has 0 aromatic carbocycles. The zero-order valence-electron chi connectivity index (χ0n) is 36.8. The Morgan fingerprint density at radius 3 is 1.12 bits per heavy atom. The van der Waals surface area contributed by atoms with E-state index in [1.165, 1.54) is 32.1 Å². The molecule has 0 saturated carbocycles. The molecule has 0 aromatic rings. The van der Waals surface area contributed by atoms with Gasteiger partial charge in [-0.2, -0.15) is 0 Å². The molecule has 6 nitrogen and oxygen atoms in total. The predicted octanol–water partition coefficient (Wildman–Crippen LogP) is 14.6. The number of esters is 3. The monoisotopic (exact) mass is 801 g/mol. The van der Waals surface area contributed by atoms with Gasteiger partial charge in [0.25, 0.3) is 0 Å². The minimum Gasteiger partial charge on any atom is -0.462 e.